The van der Waals surface area contributed by atoms with Crippen LogP contribution in [0.5, 0.6) is 0 Å². The van der Waals surface area contributed by atoms with Crippen molar-refractivity contribution in [3.8, 4) is 0 Å². The minimum absolute atomic E-state index is 0.00856. The highest BCUT2D eigenvalue weighted by atomic mass is 19.2. The number of alkyl carbamates (subject to hydrolysis) is 1. The molecule has 0 saturated carbocycles. The van der Waals surface area contributed by atoms with E-state index < -0.39 is 41.2 Å². The Morgan fingerprint density at radius 1 is 1.00 bits per heavy atom. The summed E-state index contributed by atoms with van der Waals surface area (Å²) in [5.41, 5.74) is -0.198. The molecule has 2 aromatic rings. The van der Waals surface area contributed by atoms with Crippen LogP contribution in [0.1, 0.15) is 38.3 Å². The molecule has 0 saturated heterocycles. The molecule has 0 aromatic heterocycles. The van der Waals surface area contributed by atoms with Crippen molar-refractivity contribution in [2.24, 2.45) is 0 Å². The van der Waals surface area contributed by atoms with Gasteiger partial charge in [0.1, 0.15) is 18.0 Å². The number of hydrogen-bond acceptors (Lipinski definition) is 4. The average Bonchev–Trinajstić information content (AvgIpc) is 2.63. The van der Waals surface area contributed by atoms with Crippen LogP contribution in [0, 0.1) is 17.5 Å². The highest BCUT2D eigenvalue weighted by molar-refractivity contribution is 5.73. The third-order valence-corrected chi connectivity index (χ3v) is 3.92. The fraction of sp³-hybridized carbons (Fsp3) is 0.364. The van der Waals surface area contributed by atoms with Crippen molar-refractivity contribution in [1.29, 1.82) is 0 Å². The van der Waals surface area contributed by atoms with Crippen LogP contribution in [0.3, 0.4) is 0 Å². The van der Waals surface area contributed by atoms with Crippen LogP contribution in [-0.4, -0.2) is 23.7 Å². The standard InChI is InChI=1S/C22H24F3NO4/c1-22(2,3)30-20(27)11-16(9-15-10-18(24)19(25)12-17(15)23)26-21(28)29-13-14-7-5-4-6-8-14/h4-8,10,12,16H,9,11,13H2,1-3H3,(H,26,28)/t16-/m1/s1. The number of nitrogens with one attached hydrogen (secondary N) is 1. The van der Waals surface area contributed by atoms with Crippen LogP contribution in [0.25, 0.3) is 0 Å². The SMILES string of the molecule is CC(C)(C)OC(=O)C[C@@H](Cc1cc(F)c(F)cc1F)NC(=O)OCc1ccccc1. The number of rotatable bonds is 7. The van der Waals surface area contributed by atoms with Crippen LogP contribution in [-0.2, 0) is 27.3 Å². The van der Waals surface area contributed by atoms with Gasteiger partial charge >= 0.3 is 12.1 Å². The Hall–Kier alpha value is -3.03. The summed E-state index contributed by atoms with van der Waals surface area (Å²) < 4.78 is 51.1. The lowest BCUT2D eigenvalue weighted by Crippen LogP contribution is -2.40. The molecular formula is C22H24F3NO4. The largest absolute Gasteiger partial charge is 0.460 e. The Morgan fingerprint density at radius 3 is 2.27 bits per heavy atom. The summed E-state index contributed by atoms with van der Waals surface area (Å²) in [6.45, 7) is 5.02. The van der Waals surface area contributed by atoms with Crippen molar-refractivity contribution in [3.63, 3.8) is 0 Å². The minimum Gasteiger partial charge on any atom is -0.460 e. The lowest BCUT2D eigenvalue weighted by molar-refractivity contribution is -0.155. The Bertz CT molecular complexity index is 882. The molecular weight excluding hydrogens is 399 g/mol. The molecule has 0 radical (unpaired) electrons. The van der Waals surface area contributed by atoms with Gasteiger partial charge in [0.15, 0.2) is 11.6 Å². The van der Waals surface area contributed by atoms with E-state index in [2.05, 4.69) is 5.32 Å². The van der Waals surface area contributed by atoms with E-state index >= 15 is 0 Å². The highest BCUT2D eigenvalue weighted by Gasteiger charge is 2.24. The zero-order valence-electron chi connectivity index (χ0n) is 17.0. The van der Waals surface area contributed by atoms with Gasteiger partial charge in [-0.15, -0.1) is 0 Å². The first-order chi connectivity index (χ1) is 14.0. The summed E-state index contributed by atoms with van der Waals surface area (Å²) in [5, 5.41) is 2.47. The van der Waals surface area contributed by atoms with Gasteiger partial charge < -0.3 is 14.8 Å². The number of carbonyl (C=O) groups is 2. The number of ether oxygens (including phenoxy) is 2. The zero-order valence-corrected chi connectivity index (χ0v) is 17.0. The third-order valence-electron chi connectivity index (χ3n) is 3.92. The van der Waals surface area contributed by atoms with E-state index in [0.29, 0.717) is 12.1 Å². The Kier molecular flexibility index (Phi) is 7.86. The predicted octanol–water partition coefficient (Wildman–Crippen LogP) is 4.67. The predicted molar refractivity (Wildman–Crippen MR) is 104 cm³/mol. The maximum Gasteiger partial charge on any atom is 0.407 e. The Balaban J connectivity index is 2.09. The first-order valence-electron chi connectivity index (χ1n) is 9.36. The first kappa shape index (κ1) is 23.3. The number of esters is 1. The number of hydrogen-bond donors (Lipinski definition) is 1. The molecule has 5 nitrogen and oxygen atoms in total. The van der Waals surface area contributed by atoms with Gasteiger partial charge in [0.2, 0.25) is 0 Å². The molecule has 0 heterocycles. The van der Waals surface area contributed by atoms with E-state index in [0.717, 1.165) is 5.56 Å². The second-order valence-corrected chi connectivity index (χ2v) is 7.76. The lowest BCUT2D eigenvalue weighted by atomic mass is 10.0. The quantitative estimate of drug-likeness (QED) is 0.519. The molecule has 2 aromatic carbocycles. The van der Waals surface area contributed by atoms with Crippen molar-refractivity contribution in [2.45, 2.75) is 51.9 Å². The molecule has 0 bridgehead atoms. The van der Waals surface area contributed by atoms with Crippen molar-refractivity contribution in [3.05, 3.63) is 71.0 Å². The van der Waals surface area contributed by atoms with E-state index in [1.54, 1.807) is 45.0 Å². The molecule has 30 heavy (non-hydrogen) atoms. The summed E-state index contributed by atoms with van der Waals surface area (Å²) in [5.74, 6) is -4.18. The van der Waals surface area contributed by atoms with Gasteiger partial charge in [0, 0.05) is 12.1 Å². The van der Waals surface area contributed by atoms with E-state index in [4.69, 9.17) is 9.47 Å². The van der Waals surface area contributed by atoms with Crippen molar-refractivity contribution in [2.75, 3.05) is 0 Å². The molecule has 1 amide bonds. The van der Waals surface area contributed by atoms with Crippen molar-refractivity contribution >= 4 is 12.1 Å². The summed E-state index contributed by atoms with van der Waals surface area (Å²) >= 11 is 0. The molecule has 1 N–H and O–H groups in total. The number of carbonyl (C=O) groups excluding carboxylic acids is 2. The fourth-order valence-corrected chi connectivity index (χ4v) is 2.68. The topological polar surface area (TPSA) is 64.6 Å². The van der Waals surface area contributed by atoms with Crippen LogP contribution in [0.4, 0.5) is 18.0 Å². The van der Waals surface area contributed by atoms with E-state index in [-0.39, 0.29) is 25.0 Å². The minimum atomic E-state index is -1.32. The summed E-state index contributed by atoms with van der Waals surface area (Å²) in [6, 6.07) is 9.08. The lowest BCUT2D eigenvalue weighted by Gasteiger charge is -2.23. The molecule has 0 aliphatic rings. The maximum absolute atomic E-state index is 14.0. The van der Waals surface area contributed by atoms with Gasteiger partial charge in [-0.2, -0.15) is 0 Å². The van der Waals surface area contributed by atoms with Crippen molar-refractivity contribution < 1.29 is 32.2 Å². The molecule has 2 rings (SSSR count). The van der Waals surface area contributed by atoms with Gasteiger partial charge in [-0.3, -0.25) is 4.79 Å². The van der Waals surface area contributed by atoms with Gasteiger partial charge in [0.25, 0.3) is 0 Å². The third kappa shape index (κ3) is 7.77. The molecule has 1 atom stereocenters. The second-order valence-electron chi connectivity index (χ2n) is 7.76. The van der Waals surface area contributed by atoms with E-state index in [9.17, 15) is 22.8 Å². The van der Waals surface area contributed by atoms with Crippen molar-refractivity contribution in [1.82, 2.24) is 5.32 Å². The van der Waals surface area contributed by atoms with E-state index in [1.807, 2.05) is 6.07 Å². The number of halogens is 3. The highest BCUT2D eigenvalue weighted by Crippen LogP contribution is 2.18. The van der Waals surface area contributed by atoms with Gasteiger partial charge in [-0.1, -0.05) is 30.3 Å². The van der Waals surface area contributed by atoms with Gasteiger partial charge in [0.05, 0.1) is 6.42 Å². The molecule has 0 aliphatic heterocycles. The fourth-order valence-electron chi connectivity index (χ4n) is 2.68. The van der Waals surface area contributed by atoms with Crippen LogP contribution >= 0.6 is 0 Å². The summed E-state index contributed by atoms with van der Waals surface area (Å²) in [4.78, 5) is 24.4. The van der Waals surface area contributed by atoms with Crippen LogP contribution in [0.2, 0.25) is 0 Å². The first-order valence-corrected chi connectivity index (χ1v) is 9.36. The smallest absolute Gasteiger partial charge is 0.407 e. The average molecular weight is 423 g/mol. The van der Waals surface area contributed by atoms with Crippen LogP contribution < -0.4 is 5.32 Å². The molecule has 0 unspecified atom stereocenters. The van der Waals surface area contributed by atoms with Crippen LogP contribution in [0.15, 0.2) is 42.5 Å². The normalized spacial score (nSPS) is 12.2. The molecule has 0 fully saturated rings. The van der Waals surface area contributed by atoms with E-state index in [1.165, 1.54) is 0 Å². The Morgan fingerprint density at radius 2 is 1.63 bits per heavy atom. The van der Waals surface area contributed by atoms with Gasteiger partial charge in [-0.25, -0.2) is 18.0 Å². The molecule has 8 heteroatoms. The maximum atomic E-state index is 14.0. The summed E-state index contributed by atoms with van der Waals surface area (Å²) in [7, 11) is 0. The summed E-state index contributed by atoms with van der Waals surface area (Å²) in [6.07, 6.45) is -1.41. The molecule has 0 spiro atoms. The number of benzene rings is 2. The second kappa shape index (κ2) is 10.1. The van der Waals surface area contributed by atoms with Gasteiger partial charge in [-0.05, 0) is 44.4 Å². The monoisotopic (exact) mass is 423 g/mol. The zero-order chi connectivity index (χ0) is 22.3. The molecule has 0 aliphatic carbocycles. The Labute approximate surface area is 173 Å². The number of amides is 1. The molecule has 162 valence electrons.